The van der Waals surface area contributed by atoms with Gasteiger partial charge in [-0.15, -0.1) is 10.2 Å². The standard InChI is InChI=1S/C26H24ClN5O4S/c1-34-21-13-18(14-22(35-2)24(21)36-3)25-30-31-26(32(25)20-7-5-4-6-8-20)37-16-23(33)29-28-15-17-9-11-19(27)12-10-17/h4-15H,16H2,1-3H3,(H,29,33)/b28-15-. The summed E-state index contributed by atoms with van der Waals surface area (Å²) in [4.78, 5) is 12.5. The predicted molar refractivity (Wildman–Crippen MR) is 144 cm³/mol. The van der Waals surface area contributed by atoms with E-state index >= 15 is 0 Å². The van der Waals surface area contributed by atoms with Gasteiger partial charge in [0.2, 0.25) is 5.75 Å². The van der Waals surface area contributed by atoms with Crippen molar-refractivity contribution in [1.82, 2.24) is 20.2 Å². The summed E-state index contributed by atoms with van der Waals surface area (Å²) in [5.41, 5.74) is 4.88. The average molecular weight is 538 g/mol. The number of methoxy groups -OCH3 is 3. The van der Waals surface area contributed by atoms with Gasteiger partial charge in [0, 0.05) is 16.3 Å². The van der Waals surface area contributed by atoms with Crippen molar-refractivity contribution >= 4 is 35.5 Å². The van der Waals surface area contributed by atoms with Crippen molar-refractivity contribution in [3.05, 3.63) is 77.3 Å². The van der Waals surface area contributed by atoms with E-state index in [4.69, 9.17) is 25.8 Å². The van der Waals surface area contributed by atoms with Crippen LogP contribution in [0.4, 0.5) is 0 Å². The van der Waals surface area contributed by atoms with Gasteiger partial charge >= 0.3 is 0 Å². The molecule has 4 aromatic rings. The Morgan fingerprint density at radius 1 is 1.00 bits per heavy atom. The summed E-state index contributed by atoms with van der Waals surface area (Å²) in [5, 5.41) is 14.0. The number of benzene rings is 3. The minimum absolute atomic E-state index is 0.0815. The number of carbonyl (C=O) groups excluding carboxylic acids is 1. The minimum Gasteiger partial charge on any atom is -0.493 e. The van der Waals surface area contributed by atoms with Gasteiger partial charge in [-0.2, -0.15) is 5.10 Å². The largest absolute Gasteiger partial charge is 0.493 e. The van der Waals surface area contributed by atoms with Gasteiger partial charge in [0.15, 0.2) is 22.5 Å². The number of hydrazone groups is 1. The van der Waals surface area contributed by atoms with Gasteiger partial charge in [-0.3, -0.25) is 9.36 Å². The number of nitrogens with one attached hydrogen (secondary N) is 1. The van der Waals surface area contributed by atoms with Crippen molar-refractivity contribution < 1.29 is 19.0 Å². The van der Waals surface area contributed by atoms with Crippen LogP contribution in [0, 0.1) is 0 Å². The van der Waals surface area contributed by atoms with E-state index in [2.05, 4.69) is 20.7 Å². The van der Waals surface area contributed by atoms with Gasteiger partial charge in [0.05, 0.1) is 33.3 Å². The van der Waals surface area contributed by atoms with Gasteiger partial charge in [-0.05, 0) is 42.0 Å². The van der Waals surface area contributed by atoms with Crippen LogP contribution in [0.1, 0.15) is 5.56 Å². The first-order valence-electron chi connectivity index (χ1n) is 11.1. The van der Waals surface area contributed by atoms with Gasteiger partial charge in [-0.25, -0.2) is 5.43 Å². The Hall–Kier alpha value is -4.02. The molecule has 1 amide bonds. The van der Waals surface area contributed by atoms with E-state index in [0.717, 1.165) is 11.3 Å². The Morgan fingerprint density at radius 3 is 2.30 bits per heavy atom. The number of thioether (sulfide) groups is 1. The molecule has 0 saturated carbocycles. The van der Waals surface area contributed by atoms with Crippen LogP contribution in [0.2, 0.25) is 5.02 Å². The number of nitrogens with zero attached hydrogens (tertiary/aromatic N) is 4. The second-order valence-corrected chi connectivity index (χ2v) is 8.90. The fourth-order valence-corrected chi connectivity index (χ4v) is 4.33. The Labute approximate surface area is 223 Å². The summed E-state index contributed by atoms with van der Waals surface area (Å²) >= 11 is 7.13. The monoisotopic (exact) mass is 537 g/mol. The molecule has 4 rings (SSSR count). The molecule has 9 nitrogen and oxygen atoms in total. The number of aromatic nitrogens is 3. The number of hydrogen-bond acceptors (Lipinski definition) is 8. The third kappa shape index (κ3) is 6.22. The van der Waals surface area contributed by atoms with Crippen molar-refractivity contribution in [2.45, 2.75) is 5.16 Å². The highest BCUT2D eigenvalue weighted by Crippen LogP contribution is 2.41. The first kappa shape index (κ1) is 26.1. The fourth-order valence-electron chi connectivity index (χ4n) is 3.46. The third-order valence-corrected chi connectivity index (χ3v) is 6.36. The lowest BCUT2D eigenvalue weighted by atomic mass is 10.1. The van der Waals surface area contributed by atoms with E-state index in [-0.39, 0.29) is 11.7 Å². The van der Waals surface area contributed by atoms with E-state index < -0.39 is 0 Å². The quantitative estimate of drug-likeness (QED) is 0.175. The van der Waals surface area contributed by atoms with Crippen LogP contribution in [-0.2, 0) is 4.79 Å². The maximum Gasteiger partial charge on any atom is 0.250 e. The molecule has 0 unspecified atom stereocenters. The maximum atomic E-state index is 12.5. The zero-order chi connectivity index (χ0) is 26.2. The Balaban J connectivity index is 1.59. The van der Waals surface area contributed by atoms with E-state index in [1.807, 2.05) is 34.9 Å². The molecule has 0 saturated heterocycles. The molecule has 1 heterocycles. The number of ether oxygens (including phenoxy) is 3. The van der Waals surface area contributed by atoms with Crippen LogP contribution in [-0.4, -0.2) is 54.0 Å². The number of para-hydroxylation sites is 1. The fraction of sp³-hybridized carbons (Fsp3) is 0.154. The SMILES string of the molecule is COc1cc(-c2nnc(SCC(=O)N/N=C\c3ccc(Cl)cc3)n2-c2ccccc2)cc(OC)c1OC. The van der Waals surface area contributed by atoms with Crippen molar-refractivity contribution in [2.24, 2.45) is 5.10 Å². The molecule has 0 radical (unpaired) electrons. The summed E-state index contributed by atoms with van der Waals surface area (Å²) in [6.07, 6.45) is 1.55. The van der Waals surface area contributed by atoms with Crippen molar-refractivity contribution in [3.63, 3.8) is 0 Å². The Kier molecular flexibility index (Phi) is 8.65. The zero-order valence-corrected chi connectivity index (χ0v) is 21.9. The van der Waals surface area contributed by atoms with E-state index in [0.29, 0.717) is 38.8 Å². The first-order valence-corrected chi connectivity index (χ1v) is 12.4. The average Bonchev–Trinajstić information content (AvgIpc) is 3.36. The predicted octanol–water partition coefficient (Wildman–Crippen LogP) is 4.86. The molecule has 0 aliphatic heterocycles. The summed E-state index contributed by atoms with van der Waals surface area (Å²) in [7, 11) is 4.66. The van der Waals surface area contributed by atoms with Crippen molar-refractivity contribution in [1.29, 1.82) is 0 Å². The van der Waals surface area contributed by atoms with Crippen LogP contribution >= 0.6 is 23.4 Å². The van der Waals surface area contributed by atoms with Crippen LogP contribution in [0.3, 0.4) is 0 Å². The molecular formula is C26H24ClN5O4S. The molecule has 0 aliphatic carbocycles. The van der Waals surface area contributed by atoms with Crippen molar-refractivity contribution in [3.8, 4) is 34.3 Å². The van der Waals surface area contributed by atoms with Crippen LogP contribution in [0.5, 0.6) is 17.2 Å². The highest BCUT2D eigenvalue weighted by Gasteiger charge is 2.21. The van der Waals surface area contributed by atoms with E-state index in [1.54, 1.807) is 63.9 Å². The van der Waals surface area contributed by atoms with Gasteiger partial charge in [-0.1, -0.05) is 53.7 Å². The second kappa shape index (κ2) is 12.3. The number of halogens is 1. The summed E-state index contributed by atoms with van der Waals surface area (Å²) in [5.74, 6) is 1.81. The summed E-state index contributed by atoms with van der Waals surface area (Å²) in [6.45, 7) is 0. The molecule has 1 aromatic heterocycles. The zero-order valence-electron chi connectivity index (χ0n) is 20.3. The van der Waals surface area contributed by atoms with Crippen LogP contribution < -0.4 is 19.6 Å². The summed E-state index contributed by atoms with van der Waals surface area (Å²) in [6, 6.07) is 20.4. The molecule has 3 aromatic carbocycles. The molecule has 190 valence electrons. The lowest BCUT2D eigenvalue weighted by Gasteiger charge is -2.15. The minimum atomic E-state index is -0.285. The van der Waals surface area contributed by atoms with Crippen molar-refractivity contribution in [2.75, 3.05) is 27.1 Å². The Morgan fingerprint density at radius 2 is 1.68 bits per heavy atom. The van der Waals surface area contributed by atoms with Gasteiger partial charge in [0.1, 0.15) is 0 Å². The molecule has 0 aliphatic rings. The third-order valence-electron chi connectivity index (χ3n) is 5.18. The molecule has 0 spiro atoms. The molecule has 0 atom stereocenters. The highest BCUT2D eigenvalue weighted by molar-refractivity contribution is 7.99. The molecule has 0 fully saturated rings. The molecule has 0 bridgehead atoms. The molecular weight excluding hydrogens is 514 g/mol. The summed E-state index contributed by atoms with van der Waals surface area (Å²) < 4.78 is 18.3. The molecule has 11 heteroatoms. The number of carbonyl (C=O) groups is 1. The smallest absolute Gasteiger partial charge is 0.250 e. The number of rotatable bonds is 10. The van der Waals surface area contributed by atoms with Crippen LogP contribution in [0.25, 0.3) is 17.1 Å². The molecule has 1 N–H and O–H groups in total. The highest BCUT2D eigenvalue weighted by atomic mass is 35.5. The number of hydrogen-bond donors (Lipinski definition) is 1. The topological polar surface area (TPSA) is 99.9 Å². The lowest BCUT2D eigenvalue weighted by Crippen LogP contribution is -2.20. The normalized spacial score (nSPS) is 10.9. The van der Waals surface area contributed by atoms with Gasteiger partial charge < -0.3 is 14.2 Å². The Bertz CT molecular complexity index is 1370. The number of amides is 1. The maximum absolute atomic E-state index is 12.5. The lowest BCUT2D eigenvalue weighted by molar-refractivity contribution is -0.118. The molecule has 37 heavy (non-hydrogen) atoms. The van der Waals surface area contributed by atoms with E-state index in [1.165, 1.54) is 11.8 Å². The van der Waals surface area contributed by atoms with E-state index in [9.17, 15) is 4.79 Å². The second-order valence-electron chi connectivity index (χ2n) is 7.52. The van der Waals surface area contributed by atoms with Crippen LogP contribution in [0.15, 0.2) is 77.0 Å². The van der Waals surface area contributed by atoms with Gasteiger partial charge in [0.25, 0.3) is 5.91 Å². The first-order chi connectivity index (χ1) is 18.0.